The quantitative estimate of drug-likeness (QED) is 0.372. The minimum absolute atomic E-state index is 0.0375. The Morgan fingerprint density at radius 2 is 1.87 bits per heavy atom. The lowest BCUT2D eigenvalue weighted by Gasteiger charge is -2.30. The van der Waals surface area contributed by atoms with E-state index < -0.39 is 0 Å². The van der Waals surface area contributed by atoms with E-state index in [2.05, 4.69) is 52.3 Å². The fourth-order valence-electron chi connectivity index (χ4n) is 4.47. The summed E-state index contributed by atoms with van der Waals surface area (Å²) in [5, 5.41) is 2.03. The van der Waals surface area contributed by atoms with Gasteiger partial charge in [0.25, 0.3) is 5.56 Å². The zero-order chi connectivity index (χ0) is 20.9. The summed E-state index contributed by atoms with van der Waals surface area (Å²) in [5.41, 5.74) is 5.96. The van der Waals surface area contributed by atoms with Crippen molar-refractivity contribution in [3.05, 3.63) is 117 Å². The summed E-state index contributed by atoms with van der Waals surface area (Å²) in [6.45, 7) is 0. The molecule has 0 fully saturated rings. The fourth-order valence-corrected chi connectivity index (χ4v) is 6.46. The van der Waals surface area contributed by atoms with Crippen molar-refractivity contribution in [1.82, 2.24) is 4.57 Å². The number of hydrogen-bond acceptors (Lipinski definition) is 4. The SMILES string of the molecule is O=c1c(=Cc2cccs2)sc2n1C(c1ccc(Br)cc1)C1=C(N=2)c2ccccc2CC1. The Morgan fingerprint density at radius 1 is 1.03 bits per heavy atom. The average molecular weight is 505 g/mol. The van der Waals surface area contributed by atoms with Gasteiger partial charge in [0.05, 0.1) is 16.3 Å². The van der Waals surface area contributed by atoms with Gasteiger partial charge in [0.15, 0.2) is 4.80 Å². The van der Waals surface area contributed by atoms with Crippen molar-refractivity contribution in [1.29, 1.82) is 0 Å². The van der Waals surface area contributed by atoms with Crippen LogP contribution in [0.3, 0.4) is 0 Å². The number of rotatable bonds is 2. The maximum atomic E-state index is 13.6. The van der Waals surface area contributed by atoms with Crippen LogP contribution in [0.4, 0.5) is 0 Å². The molecule has 2 aromatic heterocycles. The lowest BCUT2D eigenvalue weighted by molar-refractivity contribution is 0.585. The van der Waals surface area contributed by atoms with Crippen molar-refractivity contribution in [2.45, 2.75) is 18.9 Å². The van der Waals surface area contributed by atoms with Gasteiger partial charge in [-0.15, -0.1) is 11.3 Å². The van der Waals surface area contributed by atoms with E-state index in [0.29, 0.717) is 0 Å². The number of halogens is 1. The maximum Gasteiger partial charge on any atom is 0.271 e. The molecule has 4 aromatic rings. The third-order valence-electron chi connectivity index (χ3n) is 5.88. The molecular weight excluding hydrogens is 488 g/mol. The van der Waals surface area contributed by atoms with E-state index >= 15 is 0 Å². The standard InChI is InChI=1S/C25H17BrN2OS2/c26-17-10-7-16(8-11-17)23-20-12-9-15-4-1-2-6-19(15)22(20)27-25-28(23)24(29)21(31-25)14-18-5-3-13-30-18/h1-8,10-11,13-14,23H,9,12H2. The van der Waals surface area contributed by atoms with Crippen LogP contribution in [-0.4, -0.2) is 4.57 Å². The third kappa shape index (κ3) is 3.21. The van der Waals surface area contributed by atoms with Gasteiger partial charge in [0.1, 0.15) is 0 Å². The van der Waals surface area contributed by atoms with Crippen molar-refractivity contribution in [2.75, 3.05) is 0 Å². The highest BCUT2D eigenvalue weighted by molar-refractivity contribution is 9.10. The Labute approximate surface area is 195 Å². The molecule has 3 nitrogen and oxygen atoms in total. The Bertz CT molecular complexity index is 1510. The minimum Gasteiger partial charge on any atom is -0.272 e. The highest BCUT2D eigenvalue weighted by atomic mass is 79.9. The van der Waals surface area contributed by atoms with Crippen molar-refractivity contribution in [3.8, 4) is 0 Å². The number of thiophene rings is 1. The van der Waals surface area contributed by atoms with Gasteiger partial charge in [-0.05, 0) is 59.2 Å². The number of benzene rings is 2. The molecule has 0 radical (unpaired) electrons. The lowest BCUT2D eigenvalue weighted by atomic mass is 9.83. The van der Waals surface area contributed by atoms with E-state index in [0.717, 1.165) is 42.8 Å². The van der Waals surface area contributed by atoms with E-state index in [-0.39, 0.29) is 11.6 Å². The maximum absolute atomic E-state index is 13.6. The second kappa shape index (κ2) is 7.55. The molecule has 152 valence electrons. The summed E-state index contributed by atoms with van der Waals surface area (Å²) in [6.07, 6.45) is 3.87. The Balaban J connectivity index is 1.65. The van der Waals surface area contributed by atoms with Gasteiger partial charge in [0, 0.05) is 14.9 Å². The van der Waals surface area contributed by atoms with Gasteiger partial charge in [0.2, 0.25) is 0 Å². The number of aromatic nitrogens is 1. The van der Waals surface area contributed by atoms with E-state index in [9.17, 15) is 4.79 Å². The second-order valence-corrected chi connectivity index (χ2v) is 10.6. The third-order valence-corrected chi connectivity index (χ3v) is 8.21. The Morgan fingerprint density at radius 3 is 2.68 bits per heavy atom. The summed E-state index contributed by atoms with van der Waals surface area (Å²) in [4.78, 5) is 20.5. The molecule has 3 heterocycles. The molecule has 1 atom stereocenters. The second-order valence-electron chi connectivity index (χ2n) is 7.68. The fraction of sp³-hybridized carbons (Fsp3) is 0.120. The molecule has 0 bridgehead atoms. The van der Waals surface area contributed by atoms with Crippen molar-refractivity contribution in [3.63, 3.8) is 0 Å². The first kappa shape index (κ1) is 19.2. The molecule has 0 N–H and O–H groups in total. The molecule has 0 amide bonds. The molecule has 1 aliphatic carbocycles. The van der Waals surface area contributed by atoms with Gasteiger partial charge in [-0.3, -0.25) is 9.36 Å². The molecule has 6 heteroatoms. The van der Waals surface area contributed by atoms with E-state index in [1.54, 1.807) is 11.3 Å². The summed E-state index contributed by atoms with van der Waals surface area (Å²) < 4.78 is 3.67. The number of fused-ring (bicyclic) bond motifs is 3. The predicted octanol–water partition coefficient (Wildman–Crippen LogP) is 5.14. The molecule has 2 aromatic carbocycles. The molecule has 0 spiro atoms. The predicted molar refractivity (Wildman–Crippen MR) is 131 cm³/mol. The van der Waals surface area contributed by atoms with Crippen LogP contribution in [0.2, 0.25) is 0 Å². The Hall–Kier alpha value is -2.54. The van der Waals surface area contributed by atoms with Crippen molar-refractivity contribution in [2.24, 2.45) is 4.99 Å². The van der Waals surface area contributed by atoms with Gasteiger partial charge in [-0.25, -0.2) is 4.99 Å². The summed E-state index contributed by atoms with van der Waals surface area (Å²) in [6, 6.07) is 20.8. The van der Waals surface area contributed by atoms with Crippen LogP contribution in [-0.2, 0) is 6.42 Å². The lowest BCUT2D eigenvalue weighted by Crippen LogP contribution is -2.38. The van der Waals surface area contributed by atoms with Crippen LogP contribution in [0.5, 0.6) is 0 Å². The summed E-state index contributed by atoms with van der Waals surface area (Å²) in [5.74, 6) is 0. The van der Waals surface area contributed by atoms with Crippen LogP contribution in [0.1, 0.15) is 34.0 Å². The Kier molecular flexibility index (Phi) is 4.67. The monoisotopic (exact) mass is 504 g/mol. The summed E-state index contributed by atoms with van der Waals surface area (Å²) in [7, 11) is 0. The van der Waals surface area contributed by atoms with Crippen molar-refractivity contribution < 1.29 is 0 Å². The van der Waals surface area contributed by atoms with Gasteiger partial charge >= 0.3 is 0 Å². The van der Waals surface area contributed by atoms with Crippen LogP contribution in [0, 0.1) is 0 Å². The normalized spacial score (nSPS) is 17.7. The van der Waals surface area contributed by atoms with Crippen LogP contribution < -0.4 is 14.9 Å². The van der Waals surface area contributed by atoms with E-state index in [1.807, 2.05) is 40.3 Å². The van der Waals surface area contributed by atoms with E-state index in [4.69, 9.17) is 4.99 Å². The highest BCUT2D eigenvalue weighted by Gasteiger charge is 2.32. The molecule has 6 rings (SSSR count). The minimum atomic E-state index is -0.127. The summed E-state index contributed by atoms with van der Waals surface area (Å²) >= 11 is 6.66. The zero-order valence-corrected chi connectivity index (χ0v) is 19.6. The largest absolute Gasteiger partial charge is 0.272 e. The number of allylic oxidation sites excluding steroid dienone is 1. The highest BCUT2D eigenvalue weighted by Crippen LogP contribution is 2.41. The molecular formula is C25H17BrN2OS2. The molecule has 0 saturated carbocycles. The molecule has 2 aliphatic rings. The zero-order valence-electron chi connectivity index (χ0n) is 16.4. The van der Waals surface area contributed by atoms with E-state index in [1.165, 1.54) is 28.0 Å². The molecule has 1 aliphatic heterocycles. The first-order valence-electron chi connectivity index (χ1n) is 10.1. The van der Waals surface area contributed by atoms with Gasteiger partial charge in [-0.2, -0.15) is 0 Å². The molecule has 0 saturated heterocycles. The van der Waals surface area contributed by atoms with Crippen LogP contribution >= 0.6 is 38.6 Å². The van der Waals surface area contributed by atoms with Crippen LogP contribution in [0.25, 0.3) is 11.8 Å². The van der Waals surface area contributed by atoms with Gasteiger partial charge in [-0.1, -0.05) is 69.7 Å². The van der Waals surface area contributed by atoms with Gasteiger partial charge < -0.3 is 0 Å². The topological polar surface area (TPSA) is 34.4 Å². The number of thiazole rings is 1. The van der Waals surface area contributed by atoms with Crippen molar-refractivity contribution >= 4 is 50.4 Å². The van der Waals surface area contributed by atoms with Crippen LogP contribution in [0.15, 0.2) is 85.9 Å². The molecule has 1 unspecified atom stereocenters. The number of hydrogen-bond donors (Lipinski definition) is 0. The number of aryl methyl sites for hydroxylation is 1. The average Bonchev–Trinajstić information content (AvgIpc) is 3.41. The first-order chi connectivity index (χ1) is 15.2. The number of nitrogens with zero attached hydrogens (tertiary/aromatic N) is 2. The smallest absolute Gasteiger partial charge is 0.271 e. The molecule has 31 heavy (non-hydrogen) atoms. The first-order valence-corrected chi connectivity index (χ1v) is 12.6.